The third kappa shape index (κ3) is 1.91. The molecule has 1 aromatic carbocycles. The topological polar surface area (TPSA) is 56.0 Å². The van der Waals surface area contributed by atoms with Crippen LogP contribution in [0, 0.1) is 5.92 Å². The van der Waals surface area contributed by atoms with Crippen LogP contribution >= 0.6 is 0 Å². The van der Waals surface area contributed by atoms with Gasteiger partial charge in [0.2, 0.25) is 0 Å². The van der Waals surface area contributed by atoms with Gasteiger partial charge in [0.05, 0.1) is 0 Å². The molecule has 1 aromatic heterocycles. The summed E-state index contributed by atoms with van der Waals surface area (Å²) in [6.07, 6.45) is 6.15. The van der Waals surface area contributed by atoms with Gasteiger partial charge < -0.3 is 5.73 Å². The second-order valence-corrected chi connectivity index (χ2v) is 5.04. The summed E-state index contributed by atoms with van der Waals surface area (Å²) in [6, 6.07) is 8.07. The first-order chi connectivity index (χ1) is 8.75. The lowest BCUT2D eigenvalue weighted by molar-refractivity contribution is 0.0923. The highest BCUT2D eigenvalue weighted by Crippen LogP contribution is 2.29. The fraction of sp³-hybridized carbons (Fsp3) is 0.333. The van der Waals surface area contributed by atoms with Crippen molar-refractivity contribution in [3.8, 4) is 0 Å². The number of fused-ring (bicyclic) bond motifs is 1. The van der Waals surface area contributed by atoms with Gasteiger partial charge in [-0.3, -0.25) is 9.78 Å². The molecule has 2 atom stereocenters. The highest BCUT2D eigenvalue weighted by atomic mass is 16.1. The molecule has 2 N–H and O–H groups in total. The molecule has 3 nitrogen and oxygen atoms in total. The van der Waals surface area contributed by atoms with E-state index < -0.39 is 0 Å². The van der Waals surface area contributed by atoms with Gasteiger partial charge in [-0.15, -0.1) is 0 Å². The normalized spacial score (nSPS) is 23.4. The van der Waals surface area contributed by atoms with Crippen molar-refractivity contribution in [3.63, 3.8) is 0 Å². The Bertz CT molecular complexity index is 589. The van der Waals surface area contributed by atoms with Crippen LogP contribution in [0.5, 0.6) is 0 Å². The standard InChI is InChI=1S/C15H16N2O/c16-12-6-5-10(7-12)15(18)14-9-17-8-11-3-1-2-4-13(11)14/h1-4,8-10,12H,5-7,16H2. The van der Waals surface area contributed by atoms with Crippen molar-refractivity contribution in [1.29, 1.82) is 0 Å². The Kier molecular flexibility index (Phi) is 2.84. The van der Waals surface area contributed by atoms with E-state index >= 15 is 0 Å². The van der Waals surface area contributed by atoms with Crippen molar-refractivity contribution in [3.05, 3.63) is 42.2 Å². The van der Waals surface area contributed by atoms with Gasteiger partial charge in [0.25, 0.3) is 0 Å². The molecule has 2 aromatic rings. The lowest BCUT2D eigenvalue weighted by Gasteiger charge is -2.10. The van der Waals surface area contributed by atoms with E-state index in [1.807, 2.05) is 24.3 Å². The highest BCUT2D eigenvalue weighted by molar-refractivity contribution is 6.08. The molecular weight excluding hydrogens is 224 g/mol. The third-order valence-electron chi connectivity index (χ3n) is 3.78. The molecule has 0 radical (unpaired) electrons. The van der Waals surface area contributed by atoms with E-state index in [9.17, 15) is 4.79 Å². The number of Topliss-reactive ketones (excluding diaryl/α,β-unsaturated/α-hetero) is 1. The number of rotatable bonds is 2. The van der Waals surface area contributed by atoms with Gasteiger partial charge in [-0.2, -0.15) is 0 Å². The van der Waals surface area contributed by atoms with Gasteiger partial charge in [-0.05, 0) is 24.6 Å². The number of hydrogen-bond acceptors (Lipinski definition) is 3. The first-order valence-corrected chi connectivity index (χ1v) is 6.38. The molecule has 18 heavy (non-hydrogen) atoms. The van der Waals surface area contributed by atoms with Crippen molar-refractivity contribution in [1.82, 2.24) is 4.98 Å². The predicted molar refractivity (Wildman–Crippen MR) is 71.4 cm³/mol. The molecule has 1 aliphatic carbocycles. The number of aromatic nitrogens is 1. The molecule has 3 rings (SSSR count). The van der Waals surface area contributed by atoms with Gasteiger partial charge in [0.15, 0.2) is 5.78 Å². The number of ketones is 1. The second-order valence-electron chi connectivity index (χ2n) is 5.04. The zero-order chi connectivity index (χ0) is 12.5. The van der Waals surface area contributed by atoms with Crippen molar-refractivity contribution < 1.29 is 4.79 Å². The smallest absolute Gasteiger partial charge is 0.168 e. The number of nitrogens with zero attached hydrogens (tertiary/aromatic N) is 1. The Morgan fingerprint density at radius 3 is 2.83 bits per heavy atom. The number of pyridine rings is 1. The summed E-state index contributed by atoms with van der Waals surface area (Å²) in [5.41, 5.74) is 6.63. The molecule has 0 saturated heterocycles. The summed E-state index contributed by atoms with van der Waals surface area (Å²) in [4.78, 5) is 16.7. The number of carbonyl (C=O) groups excluding carboxylic acids is 1. The molecule has 0 bridgehead atoms. The maximum Gasteiger partial charge on any atom is 0.168 e. The molecule has 1 aliphatic rings. The summed E-state index contributed by atoms with van der Waals surface area (Å²) >= 11 is 0. The minimum absolute atomic E-state index is 0.0765. The molecule has 0 amide bonds. The maximum atomic E-state index is 12.5. The Hall–Kier alpha value is -1.74. The van der Waals surface area contributed by atoms with E-state index in [1.165, 1.54) is 0 Å². The maximum absolute atomic E-state index is 12.5. The summed E-state index contributed by atoms with van der Waals surface area (Å²) in [5.74, 6) is 0.278. The summed E-state index contributed by atoms with van der Waals surface area (Å²) in [7, 11) is 0. The molecular formula is C15H16N2O. The van der Waals surface area contributed by atoms with Gasteiger partial charge in [-0.1, -0.05) is 24.3 Å². The van der Waals surface area contributed by atoms with Crippen LogP contribution in [0.2, 0.25) is 0 Å². The molecule has 1 heterocycles. The number of hydrogen-bond donors (Lipinski definition) is 1. The quantitative estimate of drug-likeness (QED) is 0.821. The molecule has 1 fully saturated rings. The van der Waals surface area contributed by atoms with Crippen LogP contribution in [0.3, 0.4) is 0 Å². The van der Waals surface area contributed by atoms with E-state index in [0.29, 0.717) is 0 Å². The Balaban J connectivity index is 2.01. The minimum Gasteiger partial charge on any atom is -0.328 e. The largest absolute Gasteiger partial charge is 0.328 e. The predicted octanol–water partition coefficient (Wildman–Crippen LogP) is 2.54. The zero-order valence-electron chi connectivity index (χ0n) is 10.2. The van der Waals surface area contributed by atoms with Crippen LogP contribution < -0.4 is 5.73 Å². The first-order valence-electron chi connectivity index (χ1n) is 6.38. The van der Waals surface area contributed by atoms with Crippen LogP contribution in [0.1, 0.15) is 29.6 Å². The zero-order valence-corrected chi connectivity index (χ0v) is 10.2. The van der Waals surface area contributed by atoms with Crippen LogP contribution in [0.25, 0.3) is 10.8 Å². The van der Waals surface area contributed by atoms with E-state index in [4.69, 9.17) is 5.73 Å². The molecule has 3 heteroatoms. The number of carbonyl (C=O) groups is 1. The van der Waals surface area contributed by atoms with Crippen LogP contribution in [0.15, 0.2) is 36.7 Å². The Labute approximate surface area is 106 Å². The van der Waals surface area contributed by atoms with Gasteiger partial charge >= 0.3 is 0 Å². The fourth-order valence-electron chi connectivity index (χ4n) is 2.79. The van der Waals surface area contributed by atoms with Crippen molar-refractivity contribution >= 4 is 16.6 Å². The van der Waals surface area contributed by atoms with Crippen molar-refractivity contribution in [2.75, 3.05) is 0 Å². The first kappa shape index (κ1) is 11.4. The fourth-order valence-corrected chi connectivity index (χ4v) is 2.79. The van der Waals surface area contributed by atoms with E-state index in [1.54, 1.807) is 12.4 Å². The molecule has 0 aliphatic heterocycles. The number of benzene rings is 1. The lowest BCUT2D eigenvalue weighted by atomic mass is 9.94. The van der Waals surface area contributed by atoms with Gasteiger partial charge in [-0.25, -0.2) is 0 Å². The summed E-state index contributed by atoms with van der Waals surface area (Å²) < 4.78 is 0. The van der Waals surface area contributed by atoms with E-state index in [0.717, 1.165) is 35.6 Å². The van der Waals surface area contributed by atoms with Gasteiger partial charge in [0.1, 0.15) is 0 Å². The molecule has 0 spiro atoms. The van der Waals surface area contributed by atoms with Crippen LogP contribution in [-0.4, -0.2) is 16.8 Å². The summed E-state index contributed by atoms with van der Waals surface area (Å²) in [6.45, 7) is 0. The van der Waals surface area contributed by atoms with E-state index in [-0.39, 0.29) is 17.7 Å². The van der Waals surface area contributed by atoms with Crippen LogP contribution in [-0.2, 0) is 0 Å². The Morgan fingerprint density at radius 1 is 1.22 bits per heavy atom. The minimum atomic E-state index is 0.0765. The Morgan fingerprint density at radius 2 is 2.06 bits per heavy atom. The molecule has 2 unspecified atom stereocenters. The van der Waals surface area contributed by atoms with Gasteiger partial charge in [0, 0.05) is 35.3 Å². The average molecular weight is 240 g/mol. The average Bonchev–Trinajstić information content (AvgIpc) is 2.84. The van der Waals surface area contributed by atoms with Crippen molar-refractivity contribution in [2.45, 2.75) is 25.3 Å². The lowest BCUT2D eigenvalue weighted by Crippen LogP contribution is -2.18. The summed E-state index contributed by atoms with van der Waals surface area (Å²) in [5, 5.41) is 2.02. The number of nitrogens with two attached hydrogens (primary N) is 1. The molecule has 1 saturated carbocycles. The van der Waals surface area contributed by atoms with Crippen LogP contribution in [0.4, 0.5) is 0 Å². The second kappa shape index (κ2) is 4.50. The van der Waals surface area contributed by atoms with E-state index in [2.05, 4.69) is 4.98 Å². The SMILES string of the molecule is NC1CCC(C(=O)c2cncc3ccccc23)C1. The van der Waals surface area contributed by atoms with Crippen molar-refractivity contribution in [2.24, 2.45) is 11.7 Å². The highest BCUT2D eigenvalue weighted by Gasteiger charge is 2.29. The monoisotopic (exact) mass is 240 g/mol. The molecule has 92 valence electrons. The third-order valence-corrected chi connectivity index (χ3v) is 3.78.